The smallest absolute Gasteiger partial charge is 0.260 e. The molecule has 9 heteroatoms. The van der Waals surface area contributed by atoms with Crippen LogP contribution in [-0.2, 0) is 7.05 Å². The van der Waals surface area contributed by atoms with Crippen LogP contribution in [0.15, 0.2) is 49.3 Å². The van der Waals surface area contributed by atoms with Crippen LogP contribution in [-0.4, -0.2) is 60.5 Å². The number of likely N-dealkylation sites (tertiary alicyclic amines) is 1. The van der Waals surface area contributed by atoms with Gasteiger partial charge in [0.15, 0.2) is 0 Å². The molecule has 31 heavy (non-hydrogen) atoms. The van der Waals surface area contributed by atoms with E-state index in [0.29, 0.717) is 17.4 Å². The fourth-order valence-electron chi connectivity index (χ4n) is 3.92. The Balaban J connectivity index is 1.33. The summed E-state index contributed by atoms with van der Waals surface area (Å²) in [6.45, 7) is 2.09. The molecule has 9 nitrogen and oxygen atoms in total. The van der Waals surface area contributed by atoms with Crippen LogP contribution in [0.4, 0.5) is 5.82 Å². The molecule has 0 spiro atoms. The summed E-state index contributed by atoms with van der Waals surface area (Å²) < 4.78 is 3.66. The summed E-state index contributed by atoms with van der Waals surface area (Å²) in [5.74, 6) is 0.278. The van der Waals surface area contributed by atoms with Gasteiger partial charge in [-0.1, -0.05) is 0 Å². The predicted octanol–water partition coefficient (Wildman–Crippen LogP) is 2.75. The molecule has 0 unspecified atom stereocenters. The summed E-state index contributed by atoms with van der Waals surface area (Å²) in [6.07, 6.45) is 12.7. The highest BCUT2D eigenvalue weighted by atomic mass is 16.1. The Morgan fingerprint density at radius 2 is 1.77 bits per heavy atom. The normalized spacial score (nSPS) is 15.4. The van der Waals surface area contributed by atoms with E-state index < -0.39 is 0 Å². The number of carbonyl (C=O) groups excluding carboxylic acids is 1. The molecule has 5 rings (SSSR count). The minimum atomic E-state index is -0.215. The van der Waals surface area contributed by atoms with Gasteiger partial charge in [0, 0.05) is 42.8 Å². The van der Waals surface area contributed by atoms with Crippen LogP contribution in [0, 0.1) is 0 Å². The fraction of sp³-hybridized carbons (Fsp3) is 0.318. The molecule has 0 aromatic carbocycles. The van der Waals surface area contributed by atoms with Crippen LogP contribution >= 0.6 is 0 Å². The number of carbonyl (C=O) groups is 1. The Morgan fingerprint density at radius 3 is 2.55 bits per heavy atom. The van der Waals surface area contributed by atoms with Crippen molar-refractivity contribution in [3.8, 4) is 11.3 Å². The van der Waals surface area contributed by atoms with Crippen LogP contribution in [0.5, 0.6) is 0 Å². The van der Waals surface area contributed by atoms with Crippen molar-refractivity contribution in [1.29, 1.82) is 0 Å². The lowest BCUT2D eigenvalue weighted by Crippen LogP contribution is -2.31. The molecule has 0 atom stereocenters. The van der Waals surface area contributed by atoms with E-state index in [1.807, 2.05) is 36.3 Å². The summed E-state index contributed by atoms with van der Waals surface area (Å²) in [5.41, 5.74) is 2.29. The molecule has 1 aliphatic rings. The maximum atomic E-state index is 12.8. The van der Waals surface area contributed by atoms with Gasteiger partial charge in [0.1, 0.15) is 5.82 Å². The zero-order chi connectivity index (χ0) is 21.4. The largest absolute Gasteiger partial charge is 0.306 e. The number of anilines is 1. The zero-order valence-corrected chi connectivity index (χ0v) is 17.6. The lowest BCUT2D eigenvalue weighted by atomic mass is 10.1. The van der Waals surface area contributed by atoms with Crippen LogP contribution in [0.25, 0.3) is 22.0 Å². The highest BCUT2D eigenvalue weighted by Gasteiger charge is 2.20. The van der Waals surface area contributed by atoms with Gasteiger partial charge in [-0.3, -0.25) is 19.1 Å². The molecule has 0 aliphatic carbocycles. The van der Waals surface area contributed by atoms with Gasteiger partial charge in [0.2, 0.25) is 0 Å². The van der Waals surface area contributed by atoms with E-state index in [0.717, 1.165) is 48.0 Å². The van der Waals surface area contributed by atoms with E-state index >= 15 is 0 Å². The topological polar surface area (TPSA) is 93.8 Å². The second-order valence-electron chi connectivity index (χ2n) is 8.09. The number of amides is 1. The monoisotopic (exact) mass is 416 g/mol. The molecule has 0 radical (unpaired) electrons. The highest BCUT2D eigenvalue weighted by Crippen LogP contribution is 2.24. The minimum absolute atomic E-state index is 0.215. The summed E-state index contributed by atoms with van der Waals surface area (Å²) in [4.78, 5) is 23.9. The number of fused-ring (bicyclic) bond motifs is 1. The van der Waals surface area contributed by atoms with E-state index in [1.165, 1.54) is 0 Å². The van der Waals surface area contributed by atoms with E-state index in [-0.39, 0.29) is 5.91 Å². The maximum Gasteiger partial charge on any atom is 0.260 e. The molecular weight excluding hydrogens is 392 g/mol. The number of nitrogens with zero attached hydrogens (tertiary/aromatic N) is 7. The van der Waals surface area contributed by atoms with Gasteiger partial charge in [-0.2, -0.15) is 10.2 Å². The van der Waals surface area contributed by atoms with Crippen LogP contribution < -0.4 is 5.32 Å². The third-order valence-electron chi connectivity index (χ3n) is 5.77. The third-order valence-corrected chi connectivity index (χ3v) is 5.77. The molecule has 4 aromatic heterocycles. The molecular formula is C22H24N8O. The third kappa shape index (κ3) is 4.04. The number of pyridine rings is 2. The van der Waals surface area contributed by atoms with Gasteiger partial charge in [0.05, 0.1) is 29.7 Å². The zero-order valence-electron chi connectivity index (χ0n) is 17.6. The number of aryl methyl sites for hydroxylation is 1. The summed E-state index contributed by atoms with van der Waals surface area (Å²) in [5, 5.41) is 13.4. The number of hydrogen-bond acceptors (Lipinski definition) is 6. The second-order valence-corrected chi connectivity index (χ2v) is 8.09. The fourth-order valence-corrected chi connectivity index (χ4v) is 3.92. The van der Waals surface area contributed by atoms with Crippen molar-refractivity contribution in [2.75, 3.05) is 25.5 Å². The molecule has 1 amide bonds. The molecule has 1 N–H and O–H groups in total. The maximum absolute atomic E-state index is 12.8. The average molecular weight is 416 g/mol. The quantitative estimate of drug-likeness (QED) is 0.550. The van der Waals surface area contributed by atoms with Gasteiger partial charge in [-0.15, -0.1) is 0 Å². The first-order valence-corrected chi connectivity index (χ1v) is 10.3. The Kier molecular flexibility index (Phi) is 4.95. The SMILES string of the molecule is CN1CCC(n2cc(C(=O)Nc3cc4cc(-c5cnn(C)c5)ncc4cn3)cn2)CC1. The van der Waals surface area contributed by atoms with E-state index in [1.54, 1.807) is 29.5 Å². The van der Waals surface area contributed by atoms with Crippen molar-refractivity contribution in [3.63, 3.8) is 0 Å². The summed E-state index contributed by atoms with van der Waals surface area (Å²) in [6, 6.07) is 4.17. The molecule has 0 saturated carbocycles. The molecule has 1 aliphatic heterocycles. The van der Waals surface area contributed by atoms with Gasteiger partial charge in [0.25, 0.3) is 5.91 Å². The minimum Gasteiger partial charge on any atom is -0.306 e. The van der Waals surface area contributed by atoms with Gasteiger partial charge >= 0.3 is 0 Å². The van der Waals surface area contributed by atoms with Crippen molar-refractivity contribution in [3.05, 3.63) is 54.9 Å². The lowest BCUT2D eigenvalue weighted by molar-refractivity contribution is 0.102. The first-order chi connectivity index (χ1) is 15.0. The number of nitrogens with one attached hydrogen (secondary N) is 1. The average Bonchev–Trinajstić information content (AvgIpc) is 3.43. The summed E-state index contributed by atoms with van der Waals surface area (Å²) in [7, 11) is 4.00. The summed E-state index contributed by atoms with van der Waals surface area (Å²) >= 11 is 0. The molecule has 0 bridgehead atoms. The molecule has 4 aromatic rings. The van der Waals surface area contributed by atoms with Gasteiger partial charge in [-0.05, 0) is 50.5 Å². The van der Waals surface area contributed by atoms with E-state index in [9.17, 15) is 4.79 Å². The number of rotatable bonds is 4. The lowest BCUT2D eigenvalue weighted by Gasteiger charge is -2.28. The Bertz CT molecular complexity index is 1240. The van der Waals surface area contributed by atoms with Gasteiger partial charge < -0.3 is 10.2 Å². The number of hydrogen-bond donors (Lipinski definition) is 1. The predicted molar refractivity (Wildman–Crippen MR) is 118 cm³/mol. The van der Waals surface area contributed by atoms with Crippen molar-refractivity contribution >= 4 is 22.5 Å². The van der Waals surface area contributed by atoms with Crippen molar-refractivity contribution in [2.45, 2.75) is 18.9 Å². The molecule has 1 fully saturated rings. The molecule has 1 saturated heterocycles. The number of piperidine rings is 1. The van der Waals surface area contributed by atoms with Crippen LogP contribution in [0.3, 0.4) is 0 Å². The van der Waals surface area contributed by atoms with Crippen molar-refractivity contribution in [1.82, 2.24) is 34.4 Å². The number of aromatic nitrogens is 6. The van der Waals surface area contributed by atoms with Crippen molar-refractivity contribution < 1.29 is 4.79 Å². The van der Waals surface area contributed by atoms with Gasteiger partial charge in [-0.25, -0.2) is 4.98 Å². The standard InChI is InChI=1S/C22H24N8O/c1-28-5-3-19(4-6-28)30-14-18(12-26-30)22(31)27-21-8-15-7-20(17-11-25-29(2)13-17)23-9-16(15)10-24-21/h7-14,19H,3-6H2,1-2H3,(H,24,27,31). The Labute approximate surface area is 179 Å². The molecule has 158 valence electrons. The van der Waals surface area contributed by atoms with Crippen LogP contribution in [0.2, 0.25) is 0 Å². The highest BCUT2D eigenvalue weighted by molar-refractivity contribution is 6.04. The Morgan fingerprint density at radius 1 is 0.968 bits per heavy atom. The first kappa shape index (κ1) is 19.4. The van der Waals surface area contributed by atoms with E-state index in [2.05, 4.69) is 37.4 Å². The molecule has 5 heterocycles. The Hall–Kier alpha value is -3.59. The first-order valence-electron chi connectivity index (χ1n) is 10.3. The second kappa shape index (κ2) is 7.92. The van der Waals surface area contributed by atoms with Crippen molar-refractivity contribution in [2.24, 2.45) is 7.05 Å². The van der Waals surface area contributed by atoms with E-state index in [4.69, 9.17) is 0 Å². The van der Waals surface area contributed by atoms with Crippen LogP contribution in [0.1, 0.15) is 29.2 Å².